The number of aromatic nitrogens is 4. The van der Waals surface area contributed by atoms with E-state index in [1.807, 2.05) is 54.4 Å². The fourth-order valence-corrected chi connectivity index (χ4v) is 2.14. The van der Waals surface area contributed by atoms with Crippen molar-refractivity contribution in [2.75, 3.05) is 6.54 Å². The topological polar surface area (TPSA) is 55.1 Å². The molecule has 0 saturated heterocycles. The van der Waals surface area contributed by atoms with Gasteiger partial charge in [0.1, 0.15) is 0 Å². The van der Waals surface area contributed by atoms with Gasteiger partial charge in [0, 0.05) is 43.0 Å². The molecule has 0 amide bonds. The Bertz CT molecular complexity index is 690. The van der Waals surface area contributed by atoms with Crippen molar-refractivity contribution in [3.63, 3.8) is 0 Å². The van der Waals surface area contributed by atoms with E-state index in [0.29, 0.717) is 0 Å². The van der Waals surface area contributed by atoms with Crippen molar-refractivity contribution in [3.05, 3.63) is 59.8 Å². The van der Waals surface area contributed by atoms with E-state index in [2.05, 4.69) is 20.4 Å². The van der Waals surface area contributed by atoms with Crippen molar-refractivity contribution >= 4 is 5.65 Å². The summed E-state index contributed by atoms with van der Waals surface area (Å²) in [4.78, 5) is 8.40. The highest BCUT2D eigenvalue weighted by Gasteiger charge is 2.00. The molecule has 0 aliphatic rings. The zero-order valence-corrected chi connectivity index (χ0v) is 11.5. The van der Waals surface area contributed by atoms with Gasteiger partial charge in [0.25, 0.3) is 0 Å². The second kappa shape index (κ2) is 5.79. The molecule has 1 N–H and O–H groups in total. The van der Waals surface area contributed by atoms with Crippen molar-refractivity contribution in [1.82, 2.24) is 24.9 Å². The lowest BCUT2D eigenvalue weighted by Crippen LogP contribution is -2.17. The quantitative estimate of drug-likeness (QED) is 0.716. The van der Waals surface area contributed by atoms with Crippen molar-refractivity contribution in [2.45, 2.75) is 19.9 Å². The molecule has 0 aromatic carbocycles. The lowest BCUT2D eigenvalue weighted by molar-refractivity contribution is 0.680. The first-order chi connectivity index (χ1) is 9.81. The van der Waals surface area contributed by atoms with Gasteiger partial charge in [-0.05, 0) is 37.6 Å². The summed E-state index contributed by atoms with van der Waals surface area (Å²) in [7, 11) is 0. The third-order valence-electron chi connectivity index (χ3n) is 3.16. The van der Waals surface area contributed by atoms with Crippen LogP contribution < -0.4 is 5.32 Å². The summed E-state index contributed by atoms with van der Waals surface area (Å²) in [5.41, 5.74) is 4.31. The Labute approximate surface area is 117 Å². The molecule has 102 valence electrons. The van der Waals surface area contributed by atoms with Gasteiger partial charge in [-0.3, -0.25) is 4.98 Å². The Morgan fingerprint density at radius 1 is 1.20 bits per heavy atom. The highest BCUT2D eigenvalue weighted by molar-refractivity contribution is 5.38. The summed E-state index contributed by atoms with van der Waals surface area (Å²) in [5, 5.41) is 7.79. The summed E-state index contributed by atoms with van der Waals surface area (Å²) in [6.45, 7) is 3.70. The van der Waals surface area contributed by atoms with E-state index in [0.717, 1.165) is 36.4 Å². The lowest BCUT2D eigenvalue weighted by atomic mass is 10.2. The zero-order chi connectivity index (χ0) is 13.8. The van der Waals surface area contributed by atoms with Crippen LogP contribution in [0.15, 0.2) is 43.0 Å². The third kappa shape index (κ3) is 3.00. The first-order valence-electron chi connectivity index (χ1n) is 6.72. The molecule has 20 heavy (non-hydrogen) atoms. The molecule has 0 atom stereocenters. The number of hydrogen-bond donors (Lipinski definition) is 1. The summed E-state index contributed by atoms with van der Waals surface area (Å²) in [6, 6.07) is 6.06. The van der Waals surface area contributed by atoms with Crippen LogP contribution in [-0.2, 0) is 13.0 Å². The molecule has 5 heteroatoms. The average molecular weight is 267 g/mol. The van der Waals surface area contributed by atoms with E-state index in [4.69, 9.17) is 0 Å². The Hall–Kier alpha value is -2.27. The maximum Gasteiger partial charge on any atom is 0.155 e. The maximum absolute atomic E-state index is 4.39. The number of aryl methyl sites for hydroxylation is 1. The van der Waals surface area contributed by atoms with Crippen LogP contribution in [0.4, 0.5) is 0 Å². The second-order valence-corrected chi connectivity index (χ2v) is 4.83. The number of fused-ring (bicyclic) bond motifs is 1. The standard InChI is InChI=1S/C15H17N5/c1-12-8-15-18-10-14(11-20(15)19-12)9-17-7-4-13-2-5-16-6-3-13/h2-3,5-6,8,10-11,17H,4,7,9H2,1H3. The van der Waals surface area contributed by atoms with Gasteiger partial charge in [-0.15, -0.1) is 0 Å². The minimum Gasteiger partial charge on any atom is -0.312 e. The smallest absolute Gasteiger partial charge is 0.155 e. The van der Waals surface area contributed by atoms with Crippen LogP contribution in [0.3, 0.4) is 0 Å². The van der Waals surface area contributed by atoms with Crippen molar-refractivity contribution in [1.29, 1.82) is 0 Å². The van der Waals surface area contributed by atoms with E-state index in [1.165, 1.54) is 5.56 Å². The largest absolute Gasteiger partial charge is 0.312 e. The lowest BCUT2D eigenvalue weighted by Gasteiger charge is -2.05. The molecule has 3 rings (SSSR count). The van der Waals surface area contributed by atoms with Gasteiger partial charge in [0.15, 0.2) is 5.65 Å². The monoisotopic (exact) mass is 267 g/mol. The molecule has 0 saturated carbocycles. The maximum atomic E-state index is 4.39. The van der Waals surface area contributed by atoms with Crippen LogP contribution in [0.5, 0.6) is 0 Å². The van der Waals surface area contributed by atoms with Gasteiger partial charge in [-0.25, -0.2) is 9.50 Å². The van der Waals surface area contributed by atoms with E-state index < -0.39 is 0 Å². The molecule has 0 unspecified atom stereocenters. The molecule has 0 spiro atoms. The predicted octanol–water partition coefficient (Wildman–Crippen LogP) is 1.77. The van der Waals surface area contributed by atoms with Crippen molar-refractivity contribution in [3.8, 4) is 0 Å². The SMILES string of the molecule is Cc1cc2ncc(CNCCc3ccncc3)cn2n1. The molecular formula is C15H17N5. The Kier molecular flexibility index (Phi) is 3.69. The third-order valence-corrected chi connectivity index (χ3v) is 3.16. The van der Waals surface area contributed by atoms with E-state index in [1.54, 1.807) is 0 Å². The summed E-state index contributed by atoms with van der Waals surface area (Å²) in [6.07, 6.45) is 8.57. The number of nitrogens with zero attached hydrogens (tertiary/aromatic N) is 4. The molecule has 0 radical (unpaired) electrons. The summed E-state index contributed by atoms with van der Waals surface area (Å²) < 4.78 is 1.83. The fraction of sp³-hybridized carbons (Fsp3) is 0.267. The van der Waals surface area contributed by atoms with E-state index in [9.17, 15) is 0 Å². The molecule has 3 aromatic heterocycles. The number of hydrogen-bond acceptors (Lipinski definition) is 4. The van der Waals surface area contributed by atoms with Crippen LogP contribution in [0.2, 0.25) is 0 Å². The molecule has 0 aliphatic heterocycles. The van der Waals surface area contributed by atoms with Crippen LogP contribution in [0.25, 0.3) is 5.65 Å². The van der Waals surface area contributed by atoms with Crippen LogP contribution >= 0.6 is 0 Å². The normalized spacial score (nSPS) is 11.1. The average Bonchev–Trinajstić information content (AvgIpc) is 2.84. The Balaban J connectivity index is 1.54. The first-order valence-corrected chi connectivity index (χ1v) is 6.72. The second-order valence-electron chi connectivity index (χ2n) is 4.83. The predicted molar refractivity (Wildman–Crippen MR) is 77.4 cm³/mol. The van der Waals surface area contributed by atoms with Gasteiger partial charge < -0.3 is 5.32 Å². The van der Waals surface area contributed by atoms with Gasteiger partial charge >= 0.3 is 0 Å². The highest BCUT2D eigenvalue weighted by atomic mass is 15.2. The molecule has 3 aromatic rings. The number of nitrogens with one attached hydrogen (secondary N) is 1. The van der Waals surface area contributed by atoms with Gasteiger partial charge in [0.05, 0.1) is 5.69 Å². The van der Waals surface area contributed by atoms with Crippen LogP contribution in [0, 0.1) is 6.92 Å². The highest BCUT2D eigenvalue weighted by Crippen LogP contribution is 2.04. The molecule has 0 aliphatic carbocycles. The summed E-state index contributed by atoms with van der Waals surface area (Å²) in [5.74, 6) is 0. The van der Waals surface area contributed by atoms with Crippen LogP contribution in [-0.4, -0.2) is 26.1 Å². The van der Waals surface area contributed by atoms with E-state index in [-0.39, 0.29) is 0 Å². The van der Waals surface area contributed by atoms with E-state index >= 15 is 0 Å². The molecule has 0 bridgehead atoms. The first kappa shape index (κ1) is 12.7. The molecule has 5 nitrogen and oxygen atoms in total. The Morgan fingerprint density at radius 2 is 2.05 bits per heavy atom. The molecule has 3 heterocycles. The Morgan fingerprint density at radius 3 is 2.90 bits per heavy atom. The van der Waals surface area contributed by atoms with Gasteiger partial charge in [0.2, 0.25) is 0 Å². The van der Waals surface area contributed by atoms with Crippen molar-refractivity contribution in [2.24, 2.45) is 0 Å². The zero-order valence-electron chi connectivity index (χ0n) is 11.5. The van der Waals surface area contributed by atoms with Gasteiger partial charge in [-0.1, -0.05) is 0 Å². The summed E-state index contributed by atoms with van der Waals surface area (Å²) >= 11 is 0. The fourth-order valence-electron chi connectivity index (χ4n) is 2.14. The minimum absolute atomic E-state index is 0.799. The van der Waals surface area contributed by atoms with Crippen molar-refractivity contribution < 1.29 is 0 Å². The number of rotatable bonds is 5. The molecular weight excluding hydrogens is 250 g/mol. The number of pyridine rings is 1. The van der Waals surface area contributed by atoms with Crippen LogP contribution in [0.1, 0.15) is 16.8 Å². The minimum atomic E-state index is 0.799. The molecule has 0 fully saturated rings. The van der Waals surface area contributed by atoms with Gasteiger partial charge in [-0.2, -0.15) is 5.10 Å².